The molecule has 1 fully saturated rings. The number of carbonyl (C=O) groups is 2. The number of hydrogen-bond acceptors (Lipinski definition) is 3. The zero-order chi connectivity index (χ0) is 15.4. The molecule has 0 spiro atoms. The van der Waals surface area contributed by atoms with Gasteiger partial charge in [-0.15, -0.1) is 0 Å². The summed E-state index contributed by atoms with van der Waals surface area (Å²) in [5, 5.41) is 3.33. The summed E-state index contributed by atoms with van der Waals surface area (Å²) >= 11 is 5.96. The van der Waals surface area contributed by atoms with Crippen LogP contribution in [0.5, 0.6) is 0 Å². The van der Waals surface area contributed by atoms with E-state index in [1.54, 1.807) is 12.3 Å². The molecule has 0 radical (unpaired) electrons. The number of pyridine rings is 1. The molecule has 1 aliphatic rings. The first-order valence-electron chi connectivity index (χ1n) is 7.18. The second-order valence-electron chi connectivity index (χ2n) is 5.58. The molecule has 0 aliphatic carbocycles. The number of piperidine rings is 1. The van der Waals surface area contributed by atoms with Crippen LogP contribution in [0.4, 0.5) is 0 Å². The van der Waals surface area contributed by atoms with E-state index in [1.807, 2.05) is 18.7 Å². The zero-order valence-corrected chi connectivity index (χ0v) is 13.1. The number of nitrogens with zero attached hydrogens (tertiary/aromatic N) is 2. The Labute approximate surface area is 129 Å². The Hall–Kier alpha value is -1.62. The first-order chi connectivity index (χ1) is 9.99. The van der Waals surface area contributed by atoms with Gasteiger partial charge in [0.15, 0.2) is 0 Å². The van der Waals surface area contributed by atoms with E-state index in [0.717, 1.165) is 12.8 Å². The van der Waals surface area contributed by atoms with Crippen molar-refractivity contribution in [2.75, 3.05) is 13.1 Å². The second-order valence-corrected chi connectivity index (χ2v) is 5.99. The molecule has 1 aliphatic heterocycles. The van der Waals surface area contributed by atoms with Crippen LogP contribution in [0.15, 0.2) is 18.5 Å². The fraction of sp³-hybridized carbons (Fsp3) is 0.533. The highest BCUT2D eigenvalue weighted by atomic mass is 35.5. The number of amides is 2. The van der Waals surface area contributed by atoms with E-state index in [4.69, 9.17) is 11.6 Å². The quantitative estimate of drug-likeness (QED) is 0.930. The Kier molecular flexibility index (Phi) is 5.17. The Bertz CT molecular complexity index is 525. The van der Waals surface area contributed by atoms with Gasteiger partial charge in [0.25, 0.3) is 5.91 Å². The molecule has 0 atom stereocenters. The monoisotopic (exact) mass is 309 g/mol. The highest BCUT2D eigenvalue weighted by Gasteiger charge is 2.25. The van der Waals surface area contributed by atoms with E-state index in [2.05, 4.69) is 10.3 Å². The van der Waals surface area contributed by atoms with E-state index in [1.165, 1.54) is 6.20 Å². The molecular formula is C15H20ClN3O2. The van der Waals surface area contributed by atoms with Gasteiger partial charge in [-0.25, -0.2) is 0 Å². The van der Waals surface area contributed by atoms with Crippen LogP contribution < -0.4 is 5.32 Å². The van der Waals surface area contributed by atoms with Crippen LogP contribution >= 0.6 is 11.6 Å². The molecule has 6 heteroatoms. The summed E-state index contributed by atoms with van der Waals surface area (Å²) in [6.45, 7) is 5.18. The molecule has 0 unspecified atom stereocenters. The van der Waals surface area contributed by atoms with Crippen LogP contribution in [-0.2, 0) is 4.79 Å². The fourth-order valence-electron chi connectivity index (χ4n) is 2.43. The summed E-state index contributed by atoms with van der Waals surface area (Å²) in [5.41, 5.74) is 0.437. The Morgan fingerprint density at radius 3 is 2.62 bits per heavy atom. The molecule has 0 saturated carbocycles. The molecule has 1 aromatic heterocycles. The highest BCUT2D eigenvalue weighted by molar-refractivity contribution is 6.33. The maximum Gasteiger partial charge on any atom is 0.253 e. The van der Waals surface area contributed by atoms with Gasteiger partial charge in [-0.3, -0.25) is 14.6 Å². The maximum atomic E-state index is 12.2. The average molecular weight is 310 g/mol. The van der Waals surface area contributed by atoms with Crippen LogP contribution in [0, 0.1) is 5.92 Å². The Morgan fingerprint density at radius 1 is 1.38 bits per heavy atom. The van der Waals surface area contributed by atoms with E-state index in [9.17, 15) is 9.59 Å². The molecule has 0 aromatic carbocycles. The topological polar surface area (TPSA) is 62.3 Å². The van der Waals surface area contributed by atoms with Gasteiger partial charge in [0.1, 0.15) is 0 Å². The van der Waals surface area contributed by atoms with Crippen molar-refractivity contribution in [3.05, 3.63) is 29.0 Å². The van der Waals surface area contributed by atoms with Crippen molar-refractivity contribution in [1.29, 1.82) is 0 Å². The van der Waals surface area contributed by atoms with Gasteiger partial charge >= 0.3 is 0 Å². The minimum Gasteiger partial charge on any atom is -0.349 e. The fourth-order valence-corrected chi connectivity index (χ4v) is 2.64. The number of hydrogen-bond donors (Lipinski definition) is 1. The summed E-state index contributed by atoms with van der Waals surface area (Å²) in [4.78, 5) is 29.8. The molecule has 0 bridgehead atoms. The number of rotatable bonds is 3. The summed E-state index contributed by atoms with van der Waals surface area (Å²) in [7, 11) is 0. The molecule has 114 valence electrons. The molecule has 1 saturated heterocycles. The standard InChI is InChI=1S/C15H20ClN3O2/c1-10(2)15(21)19-7-4-11(5-8-19)18-14(20)12-3-6-17-9-13(12)16/h3,6,9-11H,4-5,7-8H2,1-2H3,(H,18,20). The minimum atomic E-state index is -0.184. The number of carbonyl (C=O) groups excluding carboxylic acids is 2. The van der Waals surface area contributed by atoms with Gasteiger partial charge in [0.2, 0.25) is 5.91 Å². The van der Waals surface area contributed by atoms with Gasteiger partial charge < -0.3 is 10.2 Å². The van der Waals surface area contributed by atoms with E-state index in [0.29, 0.717) is 23.7 Å². The average Bonchev–Trinajstić information content (AvgIpc) is 2.47. The van der Waals surface area contributed by atoms with Gasteiger partial charge in [-0.1, -0.05) is 25.4 Å². The smallest absolute Gasteiger partial charge is 0.253 e. The third-order valence-electron chi connectivity index (χ3n) is 3.65. The predicted octanol–water partition coefficient (Wildman–Crippen LogP) is 2.11. The lowest BCUT2D eigenvalue weighted by Crippen LogP contribution is -2.47. The van der Waals surface area contributed by atoms with Crippen LogP contribution in [0.1, 0.15) is 37.0 Å². The first kappa shape index (κ1) is 15.8. The van der Waals surface area contributed by atoms with Crippen LogP contribution in [0.2, 0.25) is 5.02 Å². The van der Waals surface area contributed by atoms with Crippen molar-refractivity contribution in [1.82, 2.24) is 15.2 Å². The van der Waals surface area contributed by atoms with Crippen LogP contribution in [-0.4, -0.2) is 40.8 Å². The molecule has 1 N–H and O–H groups in total. The first-order valence-corrected chi connectivity index (χ1v) is 7.56. The van der Waals surface area contributed by atoms with Crippen LogP contribution in [0.3, 0.4) is 0 Å². The maximum absolute atomic E-state index is 12.2. The molecule has 21 heavy (non-hydrogen) atoms. The Balaban J connectivity index is 1.88. The second kappa shape index (κ2) is 6.89. The largest absolute Gasteiger partial charge is 0.349 e. The highest BCUT2D eigenvalue weighted by Crippen LogP contribution is 2.16. The van der Waals surface area contributed by atoms with E-state index >= 15 is 0 Å². The van der Waals surface area contributed by atoms with Crippen LogP contribution in [0.25, 0.3) is 0 Å². The summed E-state index contributed by atoms with van der Waals surface area (Å²) < 4.78 is 0. The van der Waals surface area contributed by atoms with Gasteiger partial charge in [-0.05, 0) is 18.9 Å². The SMILES string of the molecule is CC(C)C(=O)N1CCC(NC(=O)c2ccncc2Cl)CC1. The molecule has 2 rings (SSSR count). The van der Waals surface area contributed by atoms with Crippen molar-refractivity contribution in [3.8, 4) is 0 Å². The molecule has 1 aromatic rings. The van der Waals surface area contributed by atoms with E-state index < -0.39 is 0 Å². The van der Waals surface area contributed by atoms with Crippen molar-refractivity contribution in [2.45, 2.75) is 32.7 Å². The molecular weight excluding hydrogens is 290 g/mol. The molecule has 2 heterocycles. The third-order valence-corrected chi connectivity index (χ3v) is 3.95. The lowest BCUT2D eigenvalue weighted by Gasteiger charge is -2.33. The summed E-state index contributed by atoms with van der Waals surface area (Å²) in [5.74, 6) is 0.0137. The minimum absolute atomic E-state index is 0.0202. The lowest BCUT2D eigenvalue weighted by molar-refractivity contribution is -0.135. The van der Waals surface area contributed by atoms with Gasteiger partial charge in [0.05, 0.1) is 10.6 Å². The predicted molar refractivity (Wildman–Crippen MR) is 81.2 cm³/mol. The number of nitrogens with one attached hydrogen (secondary N) is 1. The molecule has 2 amide bonds. The lowest BCUT2D eigenvalue weighted by atomic mass is 10.0. The van der Waals surface area contributed by atoms with Crippen molar-refractivity contribution in [2.24, 2.45) is 5.92 Å². The normalized spacial score (nSPS) is 16.1. The van der Waals surface area contributed by atoms with Crippen molar-refractivity contribution < 1.29 is 9.59 Å². The van der Waals surface area contributed by atoms with Crippen molar-refractivity contribution in [3.63, 3.8) is 0 Å². The zero-order valence-electron chi connectivity index (χ0n) is 12.3. The number of halogens is 1. The number of aromatic nitrogens is 1. The number of likely N-dealkylation sites (tertiary alicyclic amines) is 1. The van der Waals surface area contributed by atoms with E-state index in [-0.39, 0.29) is 23.8 Å². The third kappa shape index (κ3) is 3.94. The molecule has 5 nitrogen and oxygen atoms in total. The summed E-state index contributed by atoms with van der Waals surface area (Å²) in [6, 6.07) is 1.69. The van der Waals surface area contributed by atoms with Gasteiger partial charge in [0, 0.05) is 37.4 Å². The Morgan fingerprint density at radius 2 is 2.05 bits per heavy atom. The van der Waals surface area contributed by atoms with Gasteiger partial charge in [-0.2, -0.15) is 0 Å². The summed E-state index contributed by atoms with van der Waals surface area (Å²) in [6.07, 6.45) is 4.55. The van der Waals surface area contributed by atoms with Crippen molar-refractivity contribution >= 4 is 23.4 Å².